The smallest absolute Gasteiger partial charge is 0.0782 e. The van der Waals surface area contributed by atoms with E-state index >= 15 is 0 Å². The van der Waals surface area contributed by atoms with Crippen LogP contribution in [0.3, 0.4) is 0 Å². The molecule has 1 aromatic carbocycles. The first-order valence-electron chi connectivity index (χ1n) is 4.86. The third-order valence-corrected chi connectivity index (χ3v) is 3.61. The summed E-state index contributed by atoms with van der Waals surface area (Å²) in [7, 11) is 4.10. The highest BCUT2D eigenvalue weighted by atomic mass is 32.1. The van der Waals surface area contributed by atoms with E-state index in [2.05, 4.69) is 50.4 Å². The number of hydrogen-bond donors (Lipinski definition) is 1. The van der Waals surface area contributed by atoms with E-state index in [4.69, 9.17) is 0 Å². The highest BCUT2D eigenvalue weighted by Crippen LogP contribution is 2.28. The van der Waals surface area contributed by atoms with Gasteiger partial charge < -0.3 is 0 Å². The maximum atomic E-state index is 4.59. The van der Waals surface area contributed by atoms with E-state index in [0.29, 0.717) is 0 Å². The lowest BCUT2D eigenvalue weighted by Crippen LogP contribution is -2.16. The second-order valence-electron chi connectivity index (χ2n) is 4.06. The molecule has 0 N–H and O–H groups in total. The Bertz CT molecular complexity index is 331. The molecule has 1 unspecified atom stereocenters. The first kappa shape index (κ1) is 11.6. The standard InChI is InChI=1S/C12H19NS/c1-8-6-7-11(10(3)9(8)2)12(14)13(4)5/h6-7,12,14H,1-5H3. The Kier molecular flexibility index (Phi) is 3.62. The van der Waals surface area contributed by atoms with Crippen LogP contribution in [-0.4, -0.2) is 19.0 Å². The Morgan fingerprint density at radius 1 is 1.07 bits per heavy atom. The summed E-state index contributed by atoms with van der Waals surface area (Å²) in [4.78, 5) is 2.11. The Hall–Kier alpha value is -0.470. The summed E-state index contributed by atoms with van der Waals surface area (Å²) in [6, 6.07) is 4.35. The molecule has 0 heterocycles. The molecule has 78 valence electrons. The molecule has 2 heteroatoms. The van der Waals surface area contributed by atoms with Crippen LogP contribution in [0, 0.1) is 20.8 Å². The average Bonchev–Trinajstić information content (AvgIpc) is 2.13. The summed E-state index contributed by atoms with van der Waals surface area (Å²) in [5.74, 6) is 0. The Balaban J connectivity index is 3.17. The zero-order chi connectivity index (χ0) is 10.9. The number of thiol groups is 1. The van der Waals surface area contributed by atoms with Crippen LogP contribution < -0.4 is 0 Å². The molecule has 14 heavy (non-hydrogen) atoms. The average molecular weight is 209 g/mol. The fourth-order valence-corrected chi connectivity index (χ4v) is 1.81. The molecule has 0 aromatic heterocycles. The molecule has 0 saturated carbocycles. The van der Waals surface area contributed by atoms with Gasteiger partial charge >= 0.3 is 0 Å². The van der Waals surface area contributed by atoms with Crippen LogP contribution in [-0.2, 0) is 0 Å². The van der Waals surface area contributed by atoms with Gasteiger partial charge in [-0.15, -0.1) is 0 Å². The van der Waals surface area contributed by atoms with Crippen molar-refractivity contribution in [2.45, 2.75) is 26.1 Å². The molecular weight excluding hydrogens is 190 g/mol. The zero-order valence-electron chi connectivity index (χ0n) is 9.63. The molecule has 1 atom stereocenters. The van der Waals surface area contributed by atoms with E-state index in [9.17, 15) is 0 Å². The van der Waals surface area contributed by atoms with Crippen LogP contribution >= 0.6 is 12.6 Å². The molecule has 0 amide bonds. The molecule has 0 aliphatic heterocycles. The molecule has 0 aliphatic rings. The van der Waals surface area contributed by atoms with Crippen molar-refractivity contribution in [1.82, 2.24) is 4.90 Å². The Morgan fingerprint density at radius 3 is 2.14 bits per heavy atom. The number of benzene rings is 1. The summed E-state index contributed by atoms with van der Waals surface area (Å²) in [5, 5.41) is 0.189. The number of aryl methyl sites for hydroxylation is 1. The minimum absolute atomic E-state index is 0.189. The molecule has 1 nitrogen and oxygen atoms in total. The fourth-order valence-electron chi connectivity index (χ4n) is 1.53. The fraction of sp³-hybridized carbons (Fsp3) is 0.500. The summed E-state index contributed by atoms with van der Waals surface area (Å²) in [5.41, 5.74) is 5.40. The first-order chi connectivity index (χ1) is 6.45. The summed E-state index contributed by atoms with van der Waals surface area (Å²) in [6.45, 7) is 6.49. The lowest BCUT2D eigenvalue weighted by atomic mass is 9.98. The zero-order valence-corrected chi connectivity index (χ0v) is 10.5. The van der Waals surface area contributed by atoms with Gasteiger partial charge in [0.15, 0.2) is 0 Å². The summed E-state index contributed by atoms with van der Waals surface area (Å²) < 4.78 is 0. The molecule has 0 saturated heterocycles. The van der Waals surface area contributed by atoms with E-state index in [1.54, 1.807) is 0 Å². The van der Waals surface area contributed by atoms with Crippen LogP contribution in [0.15, 0.2) is 12.1 Å². The maximum Gasteiger partial charge on any atom is 0.0782 e. The highest BCUT2D eigenvalue weighted by molar-refractivity contribution is 7.80. The second kappa shape index (κ2) is 4.37. The lowest BCUT2D eigenvalue weighted by molar-refractivity contribution is 0.392. The number of nitrogens with zero attached hydrogens (tertiary/aromatic N) is 1. The lowest BCUT2D eigenvalue weighted by Gasteiger charge is -2.22. The van der Waals surface area contributed by atoms with Crippen LogP contribution in [0.5, 0.6) is 0 Å². The van der Waals surface area contributed by atoms with E-state index in [0.717, 1.165) is 0 Å². The van der Waals surface area contributed by atoms with Crippen molar-refractivity contribution in [3.8, 4) is 0 Å². The summed E-state index contributed by atoms with van der Waals surface area (Å²) >= 11 is 4.59. The molecule has 0 aliphatic carbocycles. The van der Waals surface area contributed by atoms with Gasteiger partial charge in [-0.3, -0.25) is 4.90 Å². The Morgan fingerprint density at radius 2 is 1.64 bits per heavy atom. The van der Waals surface area contributed by atoms with Gasteiger partial charge in [0.25, 0.3) is 0 Å². The highest BCUT2D eigenvalue weighted by Gasteiger charge is 2.12. The first-order valence-corrected chi connectivity index (χ1v) is 5.38. The van der Waals surface area contributed by atoms with Crippen LogP contribution in [0.4, 0.5) is 0 Å². The molecular formula is C12H19NS. The van der Waals surface area contributed by atoms with E-state index < -0.39 is 0 Å². The van der Waals surface area contributed by atoms with Gasteiger partial charge in [0.05, 0.1) is 5.37 Å². The Labute approximate surface area is 92.5 Å². The molecule has 0 spiro atoms. The molecule has 0 radical (unpaired) electrons. The van der Waals surface area contributed by atoms with Gasteiger partial charge in [0.1, 0.15) is 0 Å². The largest absolute Gasteiger partial charge is 0.294 e. The minimum Gasteiger partial charge on any atom is -0.294 e. The van der Waals surface area contributed by atoms with Crippen molar-refractivity contribution in [2.75, 3.05) is 14.1 Å². The van der Waals surface area contributed by atoms with Gasteiger partial charge in [-0.2, -0.15) is 12.6 Å². The van der Waals surface area contributed by atoms with Gasteiger partial charge in [0, 0.05) is 0 Å². The second-order valence-corrected chi connectivity index (χ2v) is 4.55. The summed E-state index contributed by atoms with van der Waals surface area (Å²) in [6.07, 6.45) is 0. The van der Waals surface area contributed by atoms with E-state index in [1.807, 2.05) is 14.1 Å². The molecule has 0 bridgehead atoms. The van der Waals surface area contributed by atoms with Crippen molar-refractivity contribution < 1.29 is 0 Å². The van der Waals surface area contributed by atoms with Crippen LogP contribution in [0.25, 0.3) is 0 Å². The van der Waals surface area contributed by atoms with Crippen molar-refractivity contribution in [1.29, 1.82) is 0 Å². The predicted octanol–water partition coefficient (Wildman–Crippen LogP) is 3.10. The monoisotopic (exact) mass is 209 g/mol. The minimum atomic E-state index is 0.189. The van der Waals surface area contributed by atoms with Crippen LogP contribution in [0.1, 0.15) is 27.6 Å². The molecule has 0 fully saturated rings. The van der Waals surface area contributed by atoms with Crippen molar-refractivity contribution >= 4 is 12.6 Å². The van der Waals surface area contributed by atoms with Gasteiger partial charge in [0.2, 0.25) is 0 Å². The van der Waals surface area contributed by atoms with Gasteiger partial charge in [-0.05, 0) is 57.1 Å². The van der Waals surface area contributed by atoms with Crippen molar-refractivity contribution in [3.05, 3.63) is 34.4 Å². The van der Waals surface area contributed by atoms with Crippen molar-refractivity contribution in [3.63, 3.8) is 0 Å². The van der Waals surface area contributed by atoms with E-state index in [-0.39, 0.29) is 5.37 Å². The van der Waals surface area contributed by atoms with Gasteiger partial charge in [-0.1, -0.05) is 12.1 Å². The quantitative estimate of drug-likeness (QED) is 0.578. The number of rotatable bonds is 2. The molecule has 1 aromatic rings. The van der Waals surface area contributed by atoms with E-state index in [1.165, 1.54) is 22.3 Å². The van der Waals surface area contributed by atoms with Gasteiger partial charge in [-0.25, -0.2) is 0 Å². The third-order valence-electron chi connectivity index (χ3n) is 2.87. The normalized spacial score (nSPS) is 13.4. The van der Waals surface area contributed by atoms with Crippen LogP contribution in [0.2, 0.25) is 0 Å². The predicted molar refractivity (Wildman–Crippen MR) is 66.1 cm³/mol. The molecule has 1 rings (SSSR count). The SMILES string of the molecule is Cc1ccc(C(S)N(C)C)c(C)c1C. The maximum absolute atomic E-state index is 4.59. The number of hydrogen-bond acceptors (Lipinski definition) is 2. The third kappa shape index (κ3) is 2.12. The van der Waals surface area contributed by atoms with Crippen molar-refractivity contribution in [2.24, 2.45) is 0 Å². The topological polar surface area (TPSA) is 3.24 Å².